The lowest BCUT2D eigenvalue weighted by Gasteiger charge is -2.38. The lowest BCUT2D eigenvalue weighted by Crippen LogP contribution is -2.50. The average molecular weight is 495 g/mol. The zero-order chi connectivity index (χ0) is 24.8. The van der Waals surface area contributed by atoms with Crippen LogP contribution >= 0.6 is 11.3 Å². The van der Waals surface area contributed by atoms with Crippen LogP contribution in [0.25, 0.3) is 0 Å². The van der Waals surface area contributed by atoms with Gasteiger partial charge in [-0.25, -0.2) is 4.39 Å². The maximum Gasteiger partial charge on any atom is 0.249 e. The van der Waals surface area contributed by atoms with Crippen LogP contribution in [0.3, 0.4) is 0 Å². The van der Waals surface area contributed by atoms with Crippen molar-refractivity contribution < 1.29 is 18.7 Å². The summed E-state index contributed by atoms with van der Waals surface area (Å²) in [6.07, 6.45) is 1.50. The minimum absolute atomic E-state index is 0.0142. The van der Waals surface area contributed by atoms with Crippen LogP contribution in [0.15, 0.2) is 66.0 Å². The first-order valence-electron chi connectivity index (χ1n) is 12.0. The Hall–Kier alpha value is -3.03. The smallest absolute Gasteiger partial charge is 0.249 e. The van der Waals surface area contributed by atoms with Gasteiger partial charge >= 0.3 is 0 Å². The third-order valence-corrected chi connectivity index (χ3v) is 7.55. The van der Waals surface area contributed by atoms with Crippen LogP contribution in [-0.2, 0) is 27.4 Å². The molecule has 184 valence electrons. The van der Waals surface area contributed by atoms with E-state index in [2.05, 4.69) is 0 Å². The Balaban J connectivity index is 1.49. The molecule has 1 aliphatic rings. The van der Waals surface area contributed by atoms with E-state index in [9.17, 15) is 14.0 Å². The second-order valence-corrected chi connectivity index (χ2v) is 9.85. The predicted octanol–water partition coefficient (Wildman–Crippen LogP) is 5.21. The van der Waals surface area contributed by atoms with Crippen molar-refractivity contribution in [1.82, 2.24) is 9.80 Å². The number of hydrogen-bond donors (Lipinski definition) is 0. The molecule has 0 aliphatic carbocycles. The Morgan fingerprint density at radius 3 is 2.60 bits per heavy atom. The SMILES string of the molecule is CCC(C)N(CC(=O)N1CCc2sccc2C1c1ccc(F)cc1)C(=O)COCc1ccccc1. The number of fused-ring (bicyclic) bond motifs is 1. The molecule has 2 heterocycles. The number of amides is 2. The summed E-state index contributed by atoms with van der Waals surface area (Å²) in [6, 6.07) is 17.7. The number of hydrogen-bond acceptors (Lipinski definition) is 4. The van der Waals surface area contributed by atoms with Crippen molar-refractivity contribution in [2.75, 3.05) is 19.7 Å². The predicted molar refractivity (Wildman–Crippen MR) is 136 cm³/mol. The summed E-state index contributed by atoms with van der Waals surface area (Å²) in [4.78, 5) is 31.4. The molecule has 1 aliphatic heterocycles. The summed E-state index contributed by atoms with van der Waals surface area (Å²) >= 11 is 1.68. The lowest BCUT2D eigenvalue weighted by molar-refractivity contribution is -0.146. The van der Waals surface area contributed by atoms with E-state index in [1.54, 1.807) is 28.4 Å². The van der Waals surface area contributed by atoms with Gasteiger partial charge in [0.05, 0.1) is 12.6 Å². The first-order valence-corrected chi connectivity index (χ1v) is 12.9. The fourth-order valence-corrected chi connectivity index (χ4v) is 5.35. The quantitative estimate of drug-likeness (QED) is 0.411. The third-order valence-electron chi connectivity index (χ3n) is 6.56. The molecular formula is C28H31FN2O3S. The molecule has 4 rings (SSSR count). The Morgan fingerprint density at radius 2 is 1.89 bits per heavy atom. The summed E-state index contributed by atoms with van der Waals surface area (Å²) in [5, 5.41) is 2.04. The highest BCUT2D eigenvalue weighted by molar-refractivity contribution is 7.10. The van der Waals surface area contributed by atoms with Gasteiger partial charge in [-0.2, -0.15) is 0 Å². The zero-order valence-electron chi connectivity index (χ0n) is 20.2. The third kappa shape index (κ3) is 5.97. The van der Waals surface area contributed by atoms with Crippen LogP contribution in [0.2, 0.25) is 0 Å². The van der Waals surface area contributed by atoms with Crippen molar-refractivity contribution in [2.45, 2.75) is 45.4 Å². The van der Waals surface area contributed by atoms with Gasteiger partial charge in [0.15, 0.2) is 0 Å². The van der Waals surface area contributed by atoms with Gasteiger partial charge in [0.2, 0.25) is 11.8 Å². The van der Waals surface area contributed by atoms with E-state index >= 15 is 0 Å². The molecule has 0 radical (unpaired) electrons. The van der Waals surface area contributed by atoms with E-state index in [4.69, 9.17) is 4.74 Å². The van der Waals surface area contributed by atoms with Gasteiger partial charge < -0.3 is 14.5 Å². The largest absolute Gasteiger partial charge is 0.367 e. The lowest BCUT2D eigenvalue weighted by atomic mass is 9.93. The molecule has 0 saturated carbocycles. The molecule has 0 bridgehead atoms. The Kier molecular flexibility index (Phi) is 8.31. The number of halogens is 1. The van der Waals surface area contributed by atoms with Crippen molar-refractivity contribution in [1.29, 1.82) is 0 Å². The zero-order valence-corrected chi connectivity index (χ0v) is 21.0. The Bertz CT molecular complexity index is 1130. The maximum absolute atomic E-state index is 13.6. The van der Waals surface area contributed by atoms with Crippen molar-refractivity contribution in [3.05, 3.63) is 93.4 Å². The molecule has 2 aromatic carbocycles. The fourth-order valence-electron chi connectivity index (χ4n) is 4.45. The fraction of sp³-hybridized carbons (Fsp3) is 0.357. The standard InChI is InChI=1S/C28H31FN2O3S/c1-3-20(2)31(27(33)19-34-18-21-7-5-4-6-8-21)17-26(32)30-15-13-25-24(14-16-35-25)28(30)22-9-11-23(29)12-10-22/h4-12,14,16,20,28H,3,13,15,17-19H2,1-2H3. The van der Waals surface area contributed by atoms with Gasteiger partial charge in [-0.1, -0.05) is 49.4 Å². The number of benzene rings is 2. The first-order chi connectivity index (χ1) is 17.0. The summed E-state index contributed by atoms with van der Waals surface area (Å²) in [7, 11) is 0. The monoisotopic (exact) mass is 494 g/mol. The molecule has 7 heteroatoms. The van der Waals surface area contributed by atoms with Gasteiger partial charge in [-0.3, -0.25) is 9.59 Å². The second kappa shape index (κ2) is 11.6. The summed E-state index contributed by atoms with van der Waals surface area (Å²) in [6.45, 7) is 4.76. The van der Waals surface area contributed by atoms with Gasteiger partial charge in [0, 0.05) is 17.5 Å². The topological polar surface area (TPSA) is 49.9 Å². The van der Waals surface area contributed by atoms with E-state index in [-0.39, 0.29) is 42.9 Å². The number of ether oxygens (including phenoxy) is 1. The number of rotatable bonds is 9. The maximum atomic E-state index is 13.6. The molecule has 0 fully saturated rings. The van der Waals surface area contributed by atoms with Gasteiger partial charge in [-0.15, -0.1) is 11.3 Å². The molecule has 0 spiro atoms. The summed E-state index contributed by atoms with van der Waals surface area (Å²) in [5.74, 6) is -0.625. The number of nitrogens with zero attached hydrogens (tertiary/aromatic N) is 2. The van der Waals surface area contributed by atoms with Gasteiger partial charge in [0.1, 0.15) is 19.0 Å². The van der Waals surface area contributed by atoms with E-state index < -0.39 is 0 Å². The average Bonchev–Trinajstić information content (AvgIpc) is 3.36. The minimum atomic E-state index is -0.308. The van der Waals surface area contributed by atoms with Crippen LogP contribution in [-0.4, -0.2) is 47.4 Å². The number of thiophene rings is 1. The molecule has 35 heavy (non-hydrogen) atoms. The van der Waals surface area contributed by atoms with Gasteiger partial charge in [-0.05, 0) is 60.0 Å². The van der Waals surface area contributed by atoms with E-state index in [0.29, 0.717) is 13.2 Å². The molecule has 0 saturated heterocycles. The van der Waals surface area contributed by atoms with Crippen LogP contribution in [0.1, 0.15) is 47.9 Å². The van der Waals surface area contributed by atoms with E-state index in [0.717, 1.165) is 29.5 Å². The van der Waals surface area contributed by atoms with Crippen LogP contribution in [0.5, 0.6) is 0 Å². The highest BCUT2D eigenvalue weighted by Gasteiger charge is 2.34. The molecule has 2 amide bonds. The van der Waals surface area contributed by atoms with Crippen molar-refractivity contribution in [3.8, 4) is 0 Å². The minimum Gasteiger partial charge on any atom is -0.367 e. The molecule has 5 nitrogen and oxygen atoms in total. The molecule has 3 aromatic rings. The summed E-state index contributed by atoms with van der Waals surface area (Å²) < 4.78 is 19.3. The van der Waals surface area contributed by atoms with E-state index in [1.165, 1.54) is 17.0 Å². The number of carbonyl (C=O) groups excluding carboxylic acids is 2. The Morgan fingerprint density at radius 1 is 1.14 bits per heavy atom. The first kappa shape index (κ1) is 25.1. The van der Waals surface area contributed by atoms with Crippen molar-refractivity contribution in [3.63, 3.8) is 0 Å². The normalized spacial score (nSPS) is 16.0. The second-order valence-electron chi connectivity index (χ2n) is 8.85. The molecule has 0 N–H and O–H groups in total. The summed E-state index contributed by atoms with van der Waals surface area (Å²) in [5.41, 5.74) is 2.94. The Labute approximate surface area is 210 Å². The molecule has 2 atom stereocenters. The van der Waals surface area contributed by atoms with Crippen LogP contribution < -0.4 is 0 Å². The van der Waals surface area contributed by atoms with Crippen molar-refractivity contribution >= 4 is 23.2 Å². The van der Waals surface area contributed by atoms with Gasteiger partial charge in [0.25, 0.3) is 0 Å². The van der Waals surface area contributed by atoms with E-state index in [1.807, 2.05) is 60.5 Å². The molecular weight excluding hydrogens is 463 g/mol. The highest BCUT2D eigenvalue weighted by atomic mass is 32.1. The molecule has 2 unspecified atom stereocenters. The van der Waals surface area contributed by atoms with Crippen LogP contribution in [0, 0.1) is 5.82 Å². The highest BCUT2D eigenvalue weighted by Crippen LogP contribution is 2.38. The number of carbonyl (C=O) groups is 2. The van der Waals surface area contributed by atoms with Crippen LogP contribution in [0.4, 0.5) is 4.39 Å². The van der Waals surface area contributed by atoms with Crippen molar-refractivity contribution in [2.24, 2.45) is 0 Å². The molecule has 1 aromatic heterocycles.